The monoisotopic (exact) mass is 307 g/mol. The predicted molar refractivity (Wildman–Crippen MR) is 76.0 cm³/mol. The maximum absolute atomic E-state index is 8.95. The quantitative estimate of drug-likeness (QED) is 0.812. The minimum Gasteiger partial charge on any atom is -0.396 e. The molecule has 0 radical (unpaired) electrons. The Bertz CT molecular complexity index is 528. The van der Waals surface area contributed by atoms with Crippen molar-refractivity contribution < 1.29 is 5.11 Å². The minimum absolute atomic E-state index is 0.0644. The highest BCUT2D eigenvalue weighted by atomic mass is 79.9. The van der Waals surface area contributed by atoms with Crippen molar-refractivity contribution in [1.29, 1.82) is 0 Å². The summed E-state index contributed by atoms with van der Waals surface area (Å²) in [5.41, 5.74) is 8.46. The fourth-order valence-electron chi connectivity index (χ4n) is 1.55. The fraction of sp³-hybridized carbons (Fsp3) is 0.154. The molecule has 0 fully saturated rings. The first-order valence-electron chi connectivity index (χ1n) is 5.52. The molecule has 0 saturated carbocycles. The summed E-state index contributed by atoms with van der Waals surface area (Å²) in [5, 5.41) is 12.1. The van der Waals surface area contributed by atoms with Crippen molar-refractivity contribution >= 4 is 27.4 Å². The highest BCUT2D eigenvalue weighted by Crippen LogP contribution is 2.20. The van der Waals surface area contributed by atoms with Gasteiger partial charge in [-0.05, 0) is 33.1 Å². The van der Waals surface area contributed by atoms with Gasteiger partial charge in [-0.1, -0.05) is 24.3 Å². The van der Waals surface area contributed by atoms with E-state index in [9.17, 15) is 0 Å². The first kappa shape index (κ1) is 12.9. The van der Waals surface area contributed by atoms with Crippen LogP contribution < -0.4 is 11.1 Å². The van der Waals surface area contributed by atoms with Crippen LogP contribution in [0.15, 0.2) is 41.0 Å². The maximum atomic E-state index is 8.95. The molecule has 0 aliphatic heterocycles. The molecule has 0 unspecified atom stereocenters. The fourth-order valence-corrected chi connectivity index (χ4v) is 1.90. The van der Waals surface area contributed by atoms with E-state index in [0.717, 1.165) is 15.6 Å². The normalized spacial score (nSPS) is 10.3. The number of aliphatic hydroxyl groups is 1. The Balaban J connectivity index is 2.02. The van der Waals surface area contributed by atoms with E-state index in [2.05, 4.69) is 26.2 Å². The molecule has 4 N–H and O–H groups in total. The van der Waals surface area contributed by atoms with Crippen molar-refractivity contribution in [1.82, 2.24) is 4.98 Å². The lowest BCUT2D eigenvalue weighted by Crippen LogP contribution is -2.04. The van der Waals surface area contributed by atoms with Crippen LogP contribution in [0, 0.1) is 0 Å². The SMILES string of the molecule is Nc1cc(Br)cnc1NCc1ccc(CO)cc1. The van der Waals surface area contributed by atoms with E-state index in [1.165, 1.54) is 0 Å². The van der Waals surface area contributed by atoms with Crippen molar-refractivity contribution in [2.24, 2.45) is 0 Å². The van der Waals surface area contributed by atoms with Gasteiger partial charge in [0.15, 0.2) is 0 Å². The van der Waals surface area contributed by atoms with Crippen molar-refractivity contribution in [3.8, 4) is 0 Å². The molecule has 0 amide bonds. The number of hydrogen-bond donors (Lipinski definition) is 3. The highest BCUT2D eigenvalue weighted by molar-refractivity contribution is 9.10. The van der Waals surface area contributed by atoms with Gasteiger partial charge in [0.25, 0.3) is 0 Å². The number of nitrogen functional groups attached to an aromatic ring is 1. The average molecular weight is 308 g/mol. The Labute approximate surface area is 114 Å². The van der Waals surface area contributed by atoms with E-state index >= 15 is 0 Å². The number of nitrogens with one attached hydrogen (secondary N) is 1. The second kappa shape index (κ2) is 5.84. The standard InChI is InChI=1S/C13H14BrN3O/c14-11-5-12(15)13(17-7-11)16-6-9-1-3-10(8-18)4-2-9/h1-5,7,18H,6,8,15H2,(H,16,17). The van der Waals surface area contributed by atoms with Gasteiger partial charge in [0.2, 0.25) is 0 Å². The zero-order chi connectivity index (χ0) is 13.0. The van der Waals surface area contributed by atoms with Gasteiger partial charge in [-0.2, -0.15) is 0 Å². The molecule has 2 rings (SSSR count). The van der Waals surface area contributed by atoms with Crippen molar-refractivity contribution in [2.75, 3.05) is 11.1 Å². The Kier molecular flexibility index (Phi) is 4.17. The molecule has 18 heavy (non-hydrogen) atoms. The van der Waals surface area contributed by atoms with E-state index in [0.29, 0.717) is 18.1 Å². The lowest BCUT2D eigenvalue weighted by molar-refractivity contribution is 0.282. The molecule has 1 heterocycles. The van der Waals surface area contributed by atoms with Gasteiger partial charge in [0, 0.05) is 17.2 Å². The second-order valence-electron chi connectivity index (χ2n) is 3.92. The van der Waals surface area contributed by atoms with Crippen molar-refractivity contribution in [3.63, 3.8) is 0 Å². The molecular formula is C13H14BrN3O. The molecular weight excluding hydrogens is 294 g/mol. The highest BCUT2D eigenvalue weighted by Gasteiger charge is 2.01. The van der Waals surface area contributed by atoms with Crippen LogP contribution in [-0.2, 0) is 13.2 Å². The van der Waals surface area contributed by atoms with Crippen molar-refractivity contribution in [3.05, 3.63) is 52.1 Å². The van der Waals surface area contributed by atoms with Gasteiger partial charge in [-0.25, -0.2) is 4.98 Å². The molecule has 0 bridgehead atoms. The summed E-state index contributed by atoms with van der Waals surface area (Å²) in [6, 6.07) is 9.54. The van der Waals surface area contributed by atoms with Crippen LogP contribution in [0.1, 0.15) is 11.1 Å². The molecule has 0 spiro atoms. The molecule has 5 heteroatoms. The number of nitrogens with zero attached hydrogens (tertiary/aromatic N) is 1. The Morgan fingerprint density at radius 1 is 1.22 bits per heavy atom. The van der Waals surface area contributed by atoms with E-state index < -0.39 is 0 Å². The third kappa shape index (κ3) is 3.21. The molecule has 0 atom stereocenters. The minimum atomic E-state index is 0.0644. The lowest BCUT2D eigenvalue weighted by atomic mass is 10.1. The van der Waals surface area contributed by atoms with Gasteiger partial charge in [-0.3, -0.25) is 0 Å². The summed E-state index contributed by atoms with van der Waals surface area (Å²) >= 11 is 3.31. The largest absolute Gasteiger partial charge is 0.396 e. The van der Waals surface area contributed by atoms with Gasteiger partial charge in [0.1, 0.15) is 5.82 Å². The second-order valence-corrected chi connectivity index (χ2v) is 4.84. The summed E-state index contributed by atoms with van der Waals surface area (Å²) in [5.74, 6) is 0.671. The van der Waals surface area contributed by atoms with E-state index in [1.807, 2.05) is 30.3 Å². The molecule has 4 nitrogen and oxygen atoms in total. The number of pyridine rings is 1. The number of aromatic nitrogens is 1. The molecule has 2 aromatic rings. The third-order valence-corrected chi connectivity index (χ3v) is 2.98. The van der Waals surface area contributed by atoms with Crippen LogP contribution in [0.2, 0.25) is 0 Å². The molecule has 0 aliphatic carbocycles. The zero-order valence-electron chi connectivity index (χ0n) is 9.73. The van der Waals surface area contributed by atoms with E-state index in [1.54, 1.807) is 6.20 Å². The molecule has 1 aromatic carbocycles. The van der Waals surface area contributed by atoms with Crippen LogP contribution >= 0.6 is 15.9 Å². The summed E-state index contributed by atoms with van der Waals surface area (Å²) in [6.45, 7) is 0.708. The van der Waals surface area contributed by atoms with E-state index in [4.69, 9.17) is 10.8 Å². The Morgan fingerprint density at radius 3 is 2.50 bits per heavy atom. The maximum Gasteiger partial charge on any atom is 0.149 e. The first-order chi connectivity index (χ1) is 8.69. The average Bonchev–Trinajstić information content (AvgIpc) is 2.38. The summed E-state index contributed by atoms with van der Waals surface area (Å²) < 4.78 is 0.859. The summed E-state index contributed by atoms with van der Waals surface area (Å²) in [6.07, 6.45) is 1.70. The zero-order valence-corrected chi connectivity index (χ0v) is 11.3. The number of benzene rings is 1. The molecule has 1 aromatic heterocycles. The van der Waals surface area contributed by atoms with Crippen LogP contribution in [0.3, 0.4) is 0 Å². The lowest BCUT2D eigenvalue weighted by Gasteiger charge is -2.08. The third-order valence-electron chi connectivity index (χ3n) is 2.55. The van der Waals surface area contributed by atoms with Gasteiger partial charge in [-0.15, -0.1) is 0 Å². The number of rotatable bonds is 4. The number of anilines is 2. The summed E-state index contributed by atoms with van der Waals surface area (Å²) in [4.78, 5) is 4.20. The summed E-state index contributed by atoms with van der Waals surface area (Å²) in [7, 11) is 0. The van der Waals surface area contributed by atoms with Gasteiger partial charge in [0.05, 0.1) is 12.3 Å². The Hall–Kier alpha value is -1.59. The van der Waals surface area contributed by atoms with Gasteiger partial charge >= 0.3 is 0 Å². The van der Waals surface area contributed by atoms with Gasteiger partial charge < -0.3 is 16.2 Å². The molecule has 94 valence electrons. The van der Waals surface area contributed by atoms with Crippen molar-refractivity contribution in [2.45, 2.75) is 13.2 Å². The number of hydrogen-bond acceptors (Lipinski definition) is 4. The smallest absolute Gasteiger partial charge is 0.149 e. The van der Waals surface area contributed by atoms with Crippen LogP contribution in [-0.4, -0.2) is 10.1 Å². The topological polar surface area (TPSA) is 71.2 Å². The predicted octanol–water partition coefficient (Wildman–Crippen LogP) is 2.53. The number of nitrogens with two attached hydrogens (primary N) is 1. The molecule has 0 saturated heterocycles. The van der Waals surface area contributed by atoms with Crippen LogP contribution in [0.5, 0.6) is 0 Å². The number of aliphatic hydroxyl groups excluding tert-OH is 1. The van der Waals surface area contributed by atoms with Crippen LogP contribution in [0.25, 0.3) is 0 Å². The molecule has 0 aliphatic rings. The van der Waals surface area contributed by atoms with Crippen LogP contribution in [0.4, 0.5) is 11.5 Å². The Morgan fingerprint density at radius 2 is 1.89 bits per heavy atom. The number of halogens is 1. The first-order valence-corrected chi connectivity index (χ1v) is 6.32. The van der Waals surface area contributed by atoms with E-state index in [-0.39, 0.29) is 6.61 Å².